The van der Waals surface area contributed by atoms with E-state index in [2.05, 4.69) is 10.6 Å². The molecule has 1 aliphatic carbocycles. The number of ether oxygens (including phenoxy) is 1. The Hall–Kier alpha value is -1.76. The topological polar surface area (TPSA) is 50.4 Å². The van der Waals surface area contributed by atoms with Crippen molar-refractivity contribution in [1.82, 2.24) is 5.32 Å². The summed E-state index contributed by atoms with van der Waals surface area (Å²) in [5.41, 5.74) is -0.403. The number of carbonyl (C=O) groups is 1. The summed E-state index contributed by atoms with van der Waals surface area (Å²) in [4.78, 5) is 11.6. The molecule has 128 valence electrons. The van der Waals surface area contributed by atoms with Crippen LogP contribution in [-0.2, 0) is 4.74 Å². The number of benzene rings is 1. The van der Waals surface area contributed by atoms with Gasteiger partial charge in [-0.2, -0.15) is 0 Å². The minimum absolute atomic E-state index is 0.314. The molecule has 1 aromatic rings. The maximum Gasteiger partial charge on any atom is 0.319 e. The zero-order valence-electron chi connectivity index (χ0n) is 12.8. The van der Waals surface area contributed by atoms with Gasteiger partial charge < -0.3 is 15.4 Å². The van der Waals surface area contributed by atoms with Crippen molar-refractivity contribution in [2.45, 2.75) is 44.6 Å². The van der Waals surface area contributed by atoms with Crippen LogP contribution in [0.15, 0.2) is 12.1 Å². The first-order valence-corrected chi connectivity index (χ1v) is 7.88. The zero-order chi connectivity index (χ0) is 16.7. The van der Waals surface area contributed by atoms with Crippen LogP contribution in [0.25, 0.3) is 0 Å². The van der Waals surface area contributed by atoms with E-state index in [9.17, 15) is 18.0 Å². The lowest BCUT2D eigenvalue weighted by molar-refractivity contribution is 0.0276. The molecule has 1 saturated carbocycles. The van der Waals surface area contributed by atoms with Crippen molar-refractivity contribution in [2.75, 3.05) is 18.5 Å². The number of hydrogen-bond acceptors (Lipinski definition) is 2. The number of halogens is 3. The summed E-state index contributed by atoms with van der Waals surface area (Å²) in [6.45, 7) is 0.897. The van der Waals surface area contributed by atoms with E-state index in [0.29, 0.717) is 25.7 Å². The number of amides is 2. The van der Waals surface area contributed by atoms with Crippen LogP contribution in [0.3, 0.4) is 0 Å². The van der Waals surface area contributed by atoms with E-state index in [-0.39, 0.29) is 0 Å². The van der Waals surface area contributed by atoms with E-state index in [0.717, 1.165) is 25.0 Å². The van der Waals surface area contributed by atoms with Gasteiger partial charge in [0.2, 0.25) is 0 Å². The first-order valence-electron chi connectivity index (χ1n) is 7.88. The number of urea groups is 1. The van der Waals surface area contributed by atoms with Gasteiger partial charge in [-0.3, -0.25) is 0 Å². The highest BCUT2D eigenvalue weighted by Gasteiger charge is 2.15. The standard InChI is InChI=1S/C16H21F3N2O2/c17-12-7-8-13(15(19)14(12)18)21-16(22)20-9-4-10-23-11-5-2-1-3-6-11/h7-8,11H,1-6,9-10H2,(H2,20,21,22). The fraction of sp³-hybridized carbons (Fsp3) is 0.562. The molecule has 0 spiro atoms. The third-order valence-electron chi connectivity index (χ3n) is 3.80. The summed E-state index contributed by atoms with van der Waals surface area (Å²) < 4.78 is 44.9. The quantitative estimate of drug-likeness (QED) is 0.613. The molecule has 2 amide bonds. The van der Waals surface area contributed by atoms with Gasteiger partial charge in [0.1, 0.15) is 0 Å². The highest BCUT2D eigenvalue weighted by Crippen LogP contribution is 2.20. The second-order valence-electron chi connectivity index (χ2n) is 5.59. The van der Waals surface area contributed by atoms with Crippen LogP contribution in [0, 0.1) is 17.5 Å². The van der Waals surface area contributed by atoms with Gasteiger partial charge in [0.15, 0.2) is 17.5 Å². The van der Waals surface area contributed by atoms with Crippen molar-refractivity contribution in [3.05, 3.63) is 29.6 Å². The van der Waals surface area contributed by atoms with E-state index in [1.165, 1.54) is 19.3 Å². The van der Waals surface area contributed by atoms with Crippen LogP contribution in [-0.4, -0.2) is 25.3 Å². The molecule has 0 aliphatic heterocycles. The maximum absolute atomic E-state index is 13.4. The highest BCUT2D eigenvalue weighted by atomic mass is 19.2. The summed E-state index contributed by atoms with van der Waals surface area (Å²) in [6, 6.07) is 1.05. The largest absolute Gasteiger partial charge is 0.378 e. The second kappa shape index (κ2) is 8.76. The van der Waals surface area contributed by atoms with Gasteiger partial charge in [-0.1, -0.05) is 19.3 Å². The van der Waals surface area contributed by atoms with Crippen molar-refractivity contribution in [3.63, 3.8) is 0 Å². The Morgan fingerprint density at radius 2 is 1.87 bits per heavy atom. The molecular formula is C16H21F3N2O2. The second-order valence-corrected chi connectivity index (χ2v) is 5.59. The van der Waals surface area contributed by atoms with Crippen molar-refractivity contribution in [1.29, 1.82) is 0 Å². The van der Waals surface area contributed by atoms with Crippen molar-refractivity contribution < 1.29 is 22.7 Å². The molecule has 1 fully saturated rings. The summed E-state index contributed by atoms with van der Waals surface area (Å²) in [7, 11) is 0. The molecule has 0 bridgehead atoms. The van der Waals surface area contributed by atoms with Gasteiger partial charge in [0.05, 0.1) is 11.8 Å². The average molecular weight is 330 g/mol. The number of hydrogen-bond donors (Lipinski definition) is 2. The third kappa shape index (κ3) is 5.42. The molecule has 0 unspecified atom stereocenters. The Labute approximate surface area is 133 Å². The van der Waals surface area contributed by atoms with Gasteiger partial charge in [-0.05, 0) is 31.4 Å². The van der Waals surface area contributed by atoms with E-state index in [1.807, 2.05) is 0 Å². The Kier molecular flexibility index (Phi) is 6.70. The Morgan fingerprint density at radius 3 is 2.61 bits per heavy atom. The average Bonchev–Trinajstić information content (AvgIpc) is 2.56. The lowest BCUT2D eigenvalue weighted by atomic mass is 9.98. The molecule has 1 aliphatic rings. The van der Waals surface area contributed by atoms with Gasteiger partial charge >= 0.3 is 6.03 Å². The molecule has 0 aromatic heterocycles. The maximum atomic E-state index is 13.4. The Balaban J connectivity index is 1.64. The Morgan fingerprint density at radius 1 is 1.13 bits per heavy atom. The predicted molar refractivity (Wildman–Crippen MR) is 80.8 cm³/mol. The van der Waals surface area contributed by atoms with Crippen LogP contribution >= 0.6 is 0 Å². The highest BCUT2D eigenvalue weighted by molar-refractivity contribution is 5.89. The summed E-state index contributed by atoms with van der Waals surface area (Å²) >= 11 is 0. The van der Waals surface area contributed by atoms with Gasteiger partial charge in [0, 0.05) is 13.2 Å². The Bertz CT molecular complexity index is 534. The molecule has 0 saturated heterocycles. The lowest BCUT2D eigenvalue weighted by Gasteiger charge is -2.21. The molecule has 2 N–H and O–H groups in total. The molecule has 4 nitrogen and oxygen atoms in total. The molecule has 7 heteroatoms. The van der Waals surface area contributed by atoms with Crippen LogP contribution in [0.2, 0.25) is 0 Å². The number of carbonyl (C=O) groups excluding carboxylic acids is 1. The number of nitrogens with one attached hydrogen (secondary N) is 2. The molecule has 0 atom stereocenters. The van der Waals surface area contributed by atoms with Gasteiger partial charge in [-0.15, -0.1) is 0 Å². The molecular weight excluding hydrogens is 309 g/mol. The van der Waals surface area contributed by atoms with Crippen LogP contribution in [0.5, 0.6) is 0 Å². The normalized spacial score (nSPS) is 15.4. The van der Waals surface area contributed by atoms with Crippen LogP contribution < -0.4 is 10.6 Å². The molecule has 0 heterocycles. The molecule has 23 heavy (non-hydrogen) atoms. The first-order chi connectivity index (χ1) is 11.1. The summed E-state index contributed by atoms with van der Waals surface area (Å²) in [5.74, 6) is -4.32. The van der Waals surface area contributed by atoms with Crippen molar-refractivity contribution >= 4 is 11.7 Å². The van der Waals surface area contributed by atoms with Crippen LogP contribution in [0.4, 0.5) is 23.7 Å². The van der Waals surface area contributed by atoms with Crippen LogP contribution in [0.1, 0.15) is 38.5 Å². The fourth-order valence-corrected chi connectivity index (χ4v) is 2.54. The summed E-state index contributed by atoms with van der Waals surface area (Å²) in [6.07, 6.45) is 6.78. The predicted octanol–water partition coefficient (Wildman–Crippen LogP) is 3.96. The smallest absolute Gasteiger partial charge is 0.319 e. The molecule has 1 aromatic carbocycles. The minimum Gasteiger partial charge on any atom is -0.378 e. The van der Waals surface area contributed by atoms with E-state index in [4.69, 9.17) is 4.74 Å². The van der Waals surface area contributed by atoms with E-state index < -0.39 is 29.2 Å². The monoisotopic (exact) mass is 330 g/mol. The fourth-order valence-electron chi connectivity index (χ4n) is 2.54. The summed E-state index contributed by atoms with van der Waals surface area (Å²) in [5, 5.41) is 4.66. The van der Waals surface area contributed by atoms with Gasteiger partial charge in [-0.25, -0.2) is 18.0 Å². The molecule has 2 rings (SSSR count). The third-order valence-corrected chi connectivity index (χ3v) is 3.80. The number of anilines is 1. The van der Waals surface area contributed by atoms with Crippen molar-refractivity contribution in [2.24, 2.45) is 0 Å². The van der Waals surface area contributed by atoms with E-state index in [1.54, 1.807) is 0 Å². The molecule has 0 radical (unpaired) electrons. The van der Waals surface area contributed by atoms with E-state index >= 15 is 0 Å². The van der Waals surface area contributed by atoms with Crippen molar-refractivity contribution in [3.8, 4) is 0 Å². The van der Waals surface area contributed by atoms with Gasteiger partial charge in [0.25, 0.3) is 0 Å². The zero-order valence-corrected chi connectivity index (χ0v) is 12.8. The first kappa shape index (κ1) is 17.6. The number of rotatable bonds is 6. The SMILES string of the molecule is O=C(NCCCOC1CCCCC1)Nc1ccc(F)c(F)c1F. The lowest BCUT2D eigenvalue weighted by Crippen LogP contribution is -2.31. The minimum atomic E-state index is -1.61.